The smallest absolute Gasteiger partial charge is 0.359 e. The van der Waals surface area contributed by atoms with Gasteiger partial charge in [0, 0.05) is 5.39 Å². The Morgan fingerprint density at radius 3 is 2.67 bits per heavy atom. The van der Waals surface area contributed by atoms with E-state index in [2.05, 4.69) is 20.8 Å². The second-order valence-corrected chi connectivity index (χ2v) is 5.87. The molecule has 3 rings (SSSR count). The van der Waals surface area contributed by atoms with Crippen LogP contribution in [0.15, 0.2) is 35.5 Å². The van der Waals surface area contributed by atoms with Crippen molar-refractivity contribution in [1.29, 1.82) is 0 Å². The molecule has 2 amide bonds. The molecule has 0 spiro atoms. The highest BCUT2D eigenvalue weighted by Gasteiger charge is 2.32. The Kier molecular flexibility index (Phi) is 5.39. The van der Waals surface area contributed by atoms with E-state index in [1.54, 1.807) is 25.1 Å². The molecule has 0 fully saturated rings. The number of carbonyl (C=O) groups excluding carboxylic acids is 3. The molecule has 27 heavy (non-hydrogen) atoms. The third kappa shape index (κ3) is 3.76. The number of fused-ring (bicyclic) bond motifs is 1. The minimum absolute atomic E-state index is 0.135. The van der Waals surface area contributed by atoms with Gasteiger partial charge in [0.25, 0.3) is 0 Å². The molecule has 1 atom stereocenters. The van der Waals surface area contributed by atoms with E-state index in [9.17, 15) is 14.4 Å². The number of urea groups is 1. The molecular weight excluding hydrogens is 352 g/mol. The summed E-state index contributed by atoms with van der Waals surface area (Å²) in [7, 11) is 0. The lowest BCUT2D eigenvalue weighted by Gasteiger charge is -2.28. The third-order valence-electron chi connectivity index (χ3n) is 4.16. The van der Waals surface area contributed by atoms with Crippen LogP contribution in [0.25, 0.3) is 10.9 Å². The summed E-state index contributed by atoms with van der Waals surface area (Å²) >= 11 is 0. The van der Waals surface area contributed by atoms with Crippen LogP contribution in [0.5, 0.6) is 0 Å². The SMILES string of the molecule is CCOC(=O)C1=C(COC(=O)c2n[nH]c3ccccc23)NC(=O)N[C@@H]1CC. The number of hydrogen-bond donors (Lipinski definition) is 3. The first kappa shape index (κ1) is 18.4. The van der Waals surface area contributed by atoms with E-state index < -0.39 is 24.0 Å². The average molecular weight is 372 g/mol. The second kappa shape index (κ2) is 7.90. The van der Waals surface area contributed by atoms with Gasteiger partial charge in [0.1, 0.15) is 6.61 Å². The first-order valence-electron chi connectivity index (χ1n) is 8.63. The minimum atomic E-state index is -0.663. The van der Waals surface area contributed by atoms with Crippen molar-refractivity contribution in [2.24, 2.45) is 0 Å². The predicted octanol–water partition coefficient (Wildman–Crippen LogP) is 1.63. The zero-order valence-electron chi connectivity index (χ0n) is 15.0. The monoisotopic (exact) mass is 372 g/mol. The number of hydrogen-bond acceptors (Lipinski definition) is 6. The Balaban J connectivity index is 1.83. The molecule has 0 saturated carbocycles. The Bertz CT molecular complexity index is 917. The zero-order valence-corrected chi connectivity index (χ0v) is 15.0. The van der Waals surface area contributed by atoms with Gasteiger partial charge in [0.2, 0.25) is 0 Å². The Hall–Kier alpha value is -3.36. The highest BCUT2D eigenvalue weighted by Crippen LogP contribution is 2.19. The molecule has 1 aliphatic heterocycles. The zero-order chi connectivity index (χ0) is 19.4. The number of benzene rings is 1. The van der Waals surface area contributed by atoms with E-state index >= 15 is 0 Å². The van der Waals surface area contributed by atoms with Crippen molar-refractivity contribution in [2.75, 3.05) is 13.2 Å². The maximum Gasteiger partial charge on any atom is 0.359 e. The largest absolute Gasteiger partial charge is 0.463 e. The number of amides is 2. The van der Waals surface area contributed by atoms with Crippen molar-refractivity contribution in [3.63, 3.8) is 0 Å². The second-order valence-electron chi connectivity index (χ2n) is 5.87. The standard InChI is InChI=1S/C18H20N4O5/c1-3-11-14(16(23)26-4-2)13(20-18(25)19-11)9-27-17(24)15-10-7-5-6-8-12(10)21-22-15/h5-8,11H,3-4,9H2,1-2H3,(H,21,22)(H2,19,20,25)/t11-/m1/s1. The molecule has 0 radical (unpaired) electrons. The molecule has 9 heteroatoms. The molecule has 0 aliphatic carbocycles. The van der Waals surface area contributed by atoms with E-state index in [1.165, 1.54) is 0 Å². The molecule has 0 unspecified atom stereocenters. The molecule has 3 N–H and O–H groups in total. The number of nitrogens with zero attached hydrogens (tertiary/aromatic N) is 1. The lowest BCUT2D eigenvalue weighted by atomic mass is 10.0. The van der Waals surface area contributed by atoms with Gasteiger partial charge in [-0.3, -0.25) is 5.10 Å². The van der Waals surface area contributed by atoms with Crippen LogP contribution in [0.2, 0.25) is 0 Å². The van der Waals surface area contributed by atoms with Crippen LogP contribution in [0.3, 0.4) is 0 Å². The first-order chi connectivity index (χ1) is 13.0. The van der Waals surface area contributed by atoms with Gasteiger partial charge in [-0.1, -0.05) is 25.1 Å². The number of esters is 2. The van der Waals surface area contributed by atoms with E-state index in [-0.39, 0.29) is 30.2 Å². The fourth-order valence-electron chi connectivity index (χ4n) is 2.90. The van der Waals surface area contributed by atoms with Crippen LogP contribution >= 0.6 is 0 Å². The lowest BCUT2D eigenvalue weighted by Crippen LogP contribution is -2.51. The highest BCUT2D eigenvalue weighted by atomic mass is 16.5. The average Bonchev–Trinajstić information content (AvgIpc) is 3.09. The van der Waals surface area contributed by atoms with Gasteiger partial charge in [-0.25, -0.2) is 14.4 Å². The Morgan fingerprint density at radius 2 is 1.93 bits per heavy atom. The van der Waals surface area contributed by atoms with Crippen LogP contribution in [-0.2, 0) is 14.3 Å². The van der Waals surface area contributed by atoms with Crippen LogP contribution in [-0.4, -0.2) is 47.4 Å². The number of rotatable bonds is 6. The molecule has 2 heterocycles. The van der Waals surface area contributed by atoms with E-state index in [0.717, 1.165) is 0 Å². The van der Waals surface area contributed by atoms with Gasteiger partial charge in [0.15, 0.2) is 5.69 Å². The van der Waals surface area contributed by atoms with E-state index in [1.807, 2.05) is 13.0 Å². The van der Waals surface area contributed by atoms with Gasteiger partial charge in [-0.2, -0.15) is 5.10 Å². The molecule has 1 aromatic heterocycles. The van der Waals surface area contributed by atoms with Gasteiger partial charge in [-0.05, 0) is 19.4 Å². The number of H-pyrrole nitrogens is 1. The van der Waals surface area contributed by atoms with Crippen molar-refractivity contribution in [1.82, 2.24) is 20.8 Å². The van der Waals surface area contributed by atoms with Crippen molar-refractivity contribution in [2.45, 2.75) is 26.3 Å². The number of nitrogens with one attached hydrogen (secondary N) is 3. The van der Waals surface area contributed by atoms with E-state index in [4.69, 9.17) is 9.47 Å². The minimum Gasteiger partial charge on any atom is -0.463 e. The number of aromatic amines is 1. The normalized spacial score (nSPS) is 16.7. The summed E-state index contributed by atoms with van der Waals surface area (Å²) in [4.78, 5) is 36.6. The van der Waals surface area contributed by atoms with Crippen LogP contribution in [0, 0.1) is 0 Å². The van der Waals surface area contributed by atoms with Crippen LogP contribution in [0.4, 0.5) is 4.79 Å². The topological polar surface area (TPSA) is 122 Å². The number of carbonyl (C=O) groups is 3. The Labute approximate surface area is 155 Å². The maximum atomic E-state index is 12.4. The van der Waals surface area contributed by atoms with Gasteiger partial charge in [0.05, 0.1) is 29.4 Å². The van der Waals surface area contributed by atoms with Crippen molar-refractivity contribution in [3.05, 3.63) is 41.2 Å². The summed E-state index contributed by atoms with van der Waals surface area (Å²) in [6.07, 6.45) is 0.489. The summed E-state index contributed by atoms with van der Waals surface area (Å²) in [6, 6.07) is 6.16. The first-order valence-corrected chi connectivity index (χ1v) is 8.63. The summed E-state index contributed by atoms with van der Waals surface area (Å²) in [6.45, 7) is 3.43. The molecule has 142 valence electrons. The van der Waals surface area contributed by atoms with Gasteiger partial charge < -0.3 is 20.1 Å². The summed E-state index contributed by atoms with van der Waals surface area (Å²) < 4.78 is 10.4. The number of aromatic nitrogens is 2. The molecule has 0 bridgehead atoms. The van der Waals surface area contributed by atoms with Gasteiger partial charge >= 0.3 is 18.0 Å². The van der Waals surface area contributed by atoms with Crippen molar-refractivity contribution >= 4 is 28.9 Å². The lowest BCUT2D eigenvalue weighted by molar-refractivity contribution is -0.139. The summed E-state index contributed by atoms with van der Waals surface area (Å²) in [5.41, 5.74) is 1.30. The molecule has 1 aliphatic rings. The highest BCUT2D eigenvalue weighted by molar-refractivity contribution is 6.02. The maximum absolute atomic E-state index is 12.4. The molecular formula is C18H20N4O5. The third-order valence-corrected chi connectivity index (χ3v) is 4.16. The fraction of sp³-hybridized carbons (Fsp3) is 0.333. The molecule has 0 saturated heterocycles. The van der Waals surface area contributed by atoms with Crippen LogP contribution < -0.4 is 10.6 Å². The molecule has 9 nitrogen and oxygen atoms in total. The summed E-state index contributed by atoms with van der Waals surface area (Å²) in [5.74, 6) is -1.22. The van der Waals surface area contributed by atoms with Crippen LogP contribution in [0.1, 0.15) is 30.8 Å². The molecule has 1 aromatic carbocycles. The summed E-state index contributed by atoms with van der Waals surface area (Å²) in [5, 5.41) is 12.6. The van der Waals surface area contributed by atoms with Gasteiger partial charge in [-0.15, -0.1) is 0 Å². The molecule has 2 aromatic rings. The number of ether oxygens (including phenoxy) is 2. The predicted molar refractivity (Wildman–Crippen MR) is 95.8 cm³/mol. The van der Waals surface area contributed by atoms with Crippen molar-refractivity contribution in [3.8, 4) is 0 Å². The van der Waals surface area contributed by atoms with E-state index in [0.29, 0.717) is 17.3 Å². The van der Waals surface area contributed by atoms with Crippen molar-refractivity contribution < 1.29 is 23.9 Å². The Morgan fingerprint density at radius 1 is 1.15 bits per heavy atom. The quantitative estimate of drug-likeness (QED) is 0.663. The fourth-order valence-corrected chi connectivity index (χ4v) is 2.90. The number of para-hydroxylation sites is 1.